The Bertz CT molecular complexity index is 476. The first-order valence-corrected chi connectivity index (χ1v) is 8.71. The van der Waals surface area contributed by atoms with Gasteiger partial charge in [-0.25, -0.2) is 4.79 Å². The number of amides is 1. The number of carboxylic acids is 1. The fraction of sp³-hybridized carbons (Fsp3) is 0.727. The zero-order chi connectivity index (χ0) is 18.0. The minimum Gasteiger partial charge on any atom is -0.480 e. The van der Waals surface area contributed by atoms with Gasteiger partial charge in [0.1, 0.15) is 6.04 Å². The summed E-state index contributed by atoms with van der Waals surface area (Å²) < 4.78 is 10.7. The molecule has 0 aromatic heterocycles. The Balaban J connectivity index is 4.30. The third-order valence-corrected chi connectivity index (χ3v) is 3.76. The van der Waals surface area contributed by atoms with Crippen LogP contribution >= 0.6 is 7.60 Å². The predicted octanol–water partition coefficient (Wildman–Crippen LogP) is -2.11. The molecule has 23 heavy (non-hydrogen) atoms. The van der Waals surface area contributed by atoms with Crippen molar-refractivity contribution in [2.45, 2.75) is 37.8 Å². The molecule has 0 aliphatic heterocycles. The minimum atomic E-state index is -4.20. The number of aliphatic imine (C=N–C) groups is 1. The van der Waals surface area contributed by atoms with Crippen LogP contribution in [0.4, 0.5) is 0 Å². The van der Waals surface area contributed by atoms with Crippen LogP contribution in [-0.2, 0) is 14.2 Å². The summed E-state index contributed by atoms with van der Waals surface area (Å²) in [6.07, 6.45) is 0.116. The van der Waals surface area contributed by atoms with Crippen molar-refractivity contribution in [3.05, 3.63) is 0 Å². The molecule has 0 heterocycles. The van der Waals surface area contributed by atoms with E-state index in [-0.39, 0.29) is 25.2 Å². The SMILES string of the molecule is NC(N)=NCCCC(N)C(=O)NC(CCCP(=O)(O)O)C(=O)O. The lowest BCUT2D eigenvalue weighted by Gasteiger charge is -2.17. The first kappa shape index (κ1) is 21.3. The molecule has 0 spiro atoms. The van der Waals surface area contributed by atoms with E-state index in [1.165, 1.54) is 0 Å². The highest BCUT2D eigenvalue weighted by molar-refractivity contribution is 7.51. The second kappa shape index (κ2) is 10.2. The van der Waals surface area contributed by atoms with E-state index in [4.69, 9.17) is 32.1 Å². The van der Waals surface area contributed by atoms with Crippen LogP contribution < -0.4 is 22.5 Å². The molecule has 11 nitrogen and oxygen atoms in total. The van der Waals surface area contributed by atoms with Crippen molar-refractivity contribution in [2.75, 3.05) is 12.7 Å². The van der Waals surface area contributed by atoms with Gasteiger partial charge in [-0.2, -0.15) is 0 Å². The molecule has 2 unspecified atom stereocenters. The van der Waals surface area contributed by atoms with Crippen molar-refractivity contribution in [3.8, 4) is 0 Å². The molecule has 0 saturated heterocycles. The number of nitrogens with zero attached hydrogens (tertiary/aromatic N) is 1. The van der Waals surface area contributed by atoms with Crippen LogP contribution in [0.5, 0.6) is 0 Å². The Morgan fingerprint density at radius 2 is 1.78 bits per heavy atom. The normalized spacial score (nSPS) is 13.9. The number of aliphatic carboxylic acids is 1. The van der Waals surface area contributed by atoms with Crippen LogP contribution in [0.3, 0.4) is 0 Å². The second-order valence-electron chi connectivity index (χ2n) is 4.99. The molecule has 0 aliphatic rings. The van der Waals surface area contributed by atoms with Gasteiger partial charge in [-0.1, -0.05) is 0 Å². The van der Waals surface area contributed by atoms with Crippen molar-refractivity contribution in [3.63, 3.8) is 0 Å². The molecule has 134 valence electrons. The summed E-state index contributed by atoms with van der Waals surface area (Å²) in [5.41, 5.74) is 15.9. The maximum atomic E-state index is 11.8. The minimum absolute atomic E-state index is 0.0404. The highest BCUT2D eigenvalue weighted by Crippen LogP contribution is 2.35. The fourth-order valence-corrected chi connectivity index (χ4v) is 2.28. The summed E-state index contributed by atoms with van der Waals surface area (Å²) in [5.74, 6) is -2.02. The van der Waals surface area contributed by atoms with Gasteiger partial charge in [0, 0.05) is 12.7 Å². The number of guanidine groups is 1. The predicted molar refractivity (Wildman–Crippen MR) is 83.6 cm³/mol. The number of rotatable bonds is 11. The van der Waals surface area contributed by atoms with Gasteiger partial charge in [-0.05, 0) is 25.7 Å². The van der Waals surface area contributed by atoms with Gasteiger partial charge in [0.15, 0.2) is 5.96 Å². The number of nitrogens with one attached hydrogen (secondary N) is 1. The van der Waals surface area contributed by atoms with Crippen LogP contribution in [0.1, 0.15) is 25.7 Å². The molecular formula is C11H24N5O6P. The molecule has 12 heteroatoms. The first-order valence-electron chi connectivity index (χ1n) is 6.91. The Kier molecular flexibility index (Phi) is 9.42. The number of hydrogen-bond donors (Lipinski definition) is 7. The van der Waals surface area contributed by atoms with Crippen molar-refractivity contribution < 1.29 is 29.0 Å². The molecule has 0 saturated carbocycles. The molecule has 0 aliphatic carbocycles. The van der Waals surface area contributed by atoms with Gasteiger partial charge in [-0.15, -0.1) is 0 Å². The molecule has 0 bridgehead atoms. The lowest BCUT2D eigenvalue weighted by atomic mass is 10.1. The second-order valence-corrected chi connectivity index (χ2v) is 6.76. The standard InChI is InChI=1S/C11H24N5O6P/c12-7(3-1-5-15-11(13)14)9(17)16-8(10(18)19)4-2-6-23(20,21)22/h7-8H,1-6,12H2,(H,16,17)(H,18,19)(H4,13,14,15)(H2,20,21,22). The van der Waals surface area contributed by atoms with E-state index in [2.05, 4.69) is 10.3 Å². The fourth-order valence-electron chi connectivity index (χ4n) is 1.69. The third-order valence-electron chi connectivity index (χ3n) is 2.86. The van der Waals surface area contributed by atoms with E-state index >= 15 is 0 Å². The van der Waals surface area contributed by atoms with Gasteiger partial charge in [0.05, 0.1) is 6.04 Å². The van der Waals surface area contributed by atoms with Crippen molar-refractivity contribution in [2.24, 2.45) is 22.2 Å². The molecule has 2 atom stereocenters. The zero-order valence-corrected chi connectivity index (χ0v) is 13.5. The molecule has 0 radical (unpaired) electrons. The van der Waals surface area contributed by atoms with E-state index in [0.29, 0.717) is 13.0 Å². The summed E-state index contributed by atoms with van der Waals surface area (Å²) in [6, 6.07) is -2.18. The lowest BCUT2D eigenvalue weighted by molar-refractivity contribution is -0.142. The Hall–Kier alpha value is -1.68. The number of carboxylic acid groups (broad SMARTS) is 1. The smallest absolute Gasteiger partial charge is 0.326 e. The van der Waals surface area contributed by atoms with E-state index in [1.54, 1.807) is 0 Å². The van der Waals surface area contributed by atoms with Crippen LogP contribution in [0.2, 0.25) is 0 Å². The maximum Gasteiger partial charge on any atom is 0.326 e. The highest BCUT2D eigenvalue weighted by Gasteiger charge is 2.24. The summed E-state index contributed by atoms with van der Waals surface area (Å²) in [4.78, 5) is 44.0. The van der Waals surface area contributed by atoms with Crippen LogP contribution in [0, 0.1) is 0 Å². The Morgan fingerprint density at radius 1 is 1.17 bits per heavy atom. The van der Waals surface area contributed by atoms with E-state index in [0.717, 1.165) is 0 Å². The molecule has 0 aromatic rings. The molecule has 0 fully saturated rings. The van der Waals surface area contributed by atoms with Gasteiger partial charge >= 0.3 is 13.6 Å². The van der Waals surface area contributed by atoms with Crippen LogP contribution in [0.15, 0.2) is 4.99 Å². The van der Waals surface area contributed by atoms with E-state index in [9.17, 15) is 14.2 Å². The number of carbonyl (C=O) groups excluding carboxylic acids is 1. The highest BCUT2D eigenvalue weighted by atomic mass is 31.2. The number of carbonyl (C=O) groups is 2. The van der Waals surface area contributed by atoms with E-state index < -0.39 is 37.7 Å². The van der Waals surface area contributed by atoms with Gasteiger partial charge < -0.3 is 37.4 Å². The lowest BCUT2D eigenvalue weighted by Crippen LogP contribution is -2.48. The Labute approximate surface area is 133 Å². The summed E-state index contributed by atoms with van der Waals surface area (Å²) in [5, 5.41) is 11.3. The Morgan fingerprint density at radius 3 is 2.26 bits per heavy atom. The summed E-state index contributed by atoms with van der Waals surface area (Å²) in [7, 11) is -4.20. The molecule has 0 aromatic carbocycles. The molecule has 0 rings (SSSR count). The largest absolute Gasteiger partial charge is 0.480 e. The summed E-state index contributed by atoms with van der Waals surface area (Å²) in [6.45, 7) is 0.300. The van der Waals surface area contributed by atoms with Gasteiger partial charge in [0.2, 0.25) is 5.91 Å². The molecular weight excluding hydrogens is 329 g/mol. The van der Waals surface area contributed by atoms with Crippen LogP contribution in [0.25, 0.3) is 0 Å². The monoisotopic (exact) mass is 353 g/mol. The van der Waals surface area contributed by atoms with Gasteiger partial charge in [0.25, 0.3) is 0 Å². The van der Waals surface area contributed by atoms with Crippen LogP contribution in [-0.4, -0.2) is 57.5 Å². The quantitative estimate of drug-likeness (QED) is 0.0935. The van der Waals surface area contributed by atoms with Gasteiger partial charge in [-0.3, -0.25) is 14.4 Å². The zero-order valence-electron chi connectivity index (χ0n) is 12.6. The van der Waals surface area contributed by atoms with Crippen molar-refractivity contribution in [1.82, 2.24) is 5.32 Å². The average molecular weight is 353 g/mol. The number of nitrogens with two attached hydrogens (primary N) is 3. The first-order chi connectivity index (χ1) is 10.5. The maximum absolute atomic E-state index is 11.8. The molecule has 10 N–H and O–H groups in total. The van der Waals surface area contributed by atoms with Crippen molar-refractivity contribution in [1.29, 1.82) is 0 Å². The van der Waals surface area contributed by atoms with Crippen molar-refractivity contribution >= 4 is 25.4 Å². The average Bonchev–Trinajstić information content (AvgIpc) is 2.40. The molecule has 1 amide bonds. The third kappa shape index (κ3) is 11.5. The summed E-state index contributed by atoms with van der Waals surface area (Å²) >= 11 is 0. The topological polar surface area (TPSA) is 214 Å². The van der Waals surface area contributed by atoms with E-state index in [1.807, 2.05) is 0 Å². The number of hydrogen-bond acceptors (Lipinski definition) is 5.